The molecule has 2 aromatic carbocycles. The Morgan fingerprint density at radius 2 is 1.85 bits per heavy atom. The normalized spacial score (nSPS) is 10.7. The maximum Gasteiger partial charge on any atom is 0.257 e. The third kappa shape index (κ3) is 2.18. The van der Waals surface area contributed by atoms with Gasteiger partial charge in [0.2, 0.25) is 0 Å². The number of amides is 1. The first-order valence-corrected chi connectivity index (χ1v) is 6.60. The molecule has 1 heterocycles. The van der Waals surface area contributed by atoms with Crippen LogP contribution >= 0.6 is 0 Å². The Balaban J connectivity index is 1.91. The van der Waals surface area contributed by atoms with E-state index >= 15 is 0 Å². The summed E-state index contributed by atoms with van der Waals surface area (Å²) in [6, 6.07) is 13.7. The third-order valence-electron chi connectivity index (χ3n) is 3.60. The van der Waals surface area contributed by atoms with Crippen molar-refractivity contribution in [3.05, 3.63) is 65.4 Å². The standard InChI is InChI=1S/C17H16N2O/c1-11-7-8-13(9-12(11)2)19-17(20)15-10-18-16-6-4-3-5-14(15)16/h3-10,18H,1-2H3,(H,19,20). The van der Waals surface area contributed by atoms with Crippen molar-refractivity contribution in [1.82, 2.24) is 4.98 Å². The molecule has 100 valence electrons. The SMILES string of the molecule is Cc1ccc(NC(=O)c2c[nH]c3ccccc23)cc1C. The summed E-state index contributed by atoms with van der Waals surface area (Å²) in [4.78, 5) is 15.5. The van der Waals surface area contributed by atoms with Gasteiger partial charge in [-0.2, -0.15) is 0 Å². The van der Waals surface area contributed by atoms with Gasteiger partial charge in [-0.3, -0.25) is 4.79 Å². The minimum atomic E-state index is -0.0919. The van der Waals surface area contributed by atoms with E-state index in [0.29, 0.717) is 5.56 Å². The molecule has 3 rings (SSSR count). The molecule has 20 heavy (non-hydrogen) atoms. The maximum atomic E-state index is 12.4. The van der Waals surface area contributed by atoms with Crippen LogP contribution < -0.4 is 5.32 Å². The van der Waals surface area contributed by atoms with E-state index in [1.807, 2.05) is 49.4 Å². The first kappa shape index (κ1) is 12.5. The summed E-state index contributed by atoms with van der Waals surface area (Å²) in [5.41, 5.74) is 4.84. The number of para-hydroxylation sites is 1. The van der Waals surface area contributed by atoms with Gasteiger partial charge in [0.15, 0.2) is 0 Å². The fraction of sp³-hybridized carbons (Fsp3) is 0.118. The van der Waals surface area contributed by atoms with Gasteiger partial charge in [-0.25, -0.2) is 0 Å². The van der Waals surface area contributed by atoms with E-state index in [0.717, 1.165) is 16.6 Å². The zero-order valence-electron chi connectivity index (χ0n) is 11.5. The molecular formula is C17H16N2O. The number of carbonyl (C=O) groups excluding carboxylic acids is 1. The Morgan fingerprint density at radius 1 is 1.05 bits per heavy atom. The Hall–Kier alpha value is -2.55. The average molecular weight is 264 g/mol. The molecule has 0 bridgehead atoms. The Labute approximate surface area is 117 Å². The van der Waals surface area contributed by atoms with Gasteiger partial charge in [0.1, 0.15) is 0 Å². The summed E-state index contributed by atoms with van der Waals surface area (Å²) in [6.45, 7) is 4.09. The molecule has 0 saturated heterocycles. The van der Waals surface area contributed by atoms with Gasteiger partial charge in [-0.15, -0.1) is 0 Å². The minimum Gasteiger partial charge on any atom is -0.360 e. The van der Waals surface area contributed by atoms with Crippen molar-refractivity contribution >= 4 is 22.5 Å². The summed E-state index contributed by atoms with van der Waals surface area (Å²) in [5.74, 6) is -0.0919. The quantitative estimate of drug-likeness (QED) is 0.721. The van der Waals surface area contributed by atoms with Crippen LogP contribution in [0.4, 0.5) is 5.69 Å². The van der Waals surface area contributed by atoms with Crippen LogP contribution in [0, 0.1) is 13.8 Å². The highest BCUT2D eigenvalue weighted by Gasteiger charge is 2.11. The molecule has 1 amide bonds. The van der Waals surface area contributed by atoms with Crippen LogP contribution in [0.3, 0.4) is 0 Å². The second-order valence-corrected chi connectivity index (χ2v) is 5.00. The number of H-pyrrole nitrogens is 1. The van der Waals surface area contributed by atoms with E-state index in [9.17, 15) is 4.79 Å². The van der Waals surface area contributed by atoms with Crippen LogP contribution in [0.5, 0.6) is 0 Å². The van der Waals surface area contributed by atoms with Crippen molar-refractivity contribution in [3.8, 4) is 0 Å². The van der Waals surface area contributed by atoms with Crippen molar-refractivity contribution in [2.24, 2.45) is 0 Å². The maximum absolute atomic E-state index is 12.4. The third-order valence-corrected chi connectivity index (χ3v) is 3.60. The lowest BCUT2D eigenvalue weighted by molar-refractivity contribution is 0.102. The molecule has 0 unspecified atom stereocenters. The molecule has 0 radical (unpaired) electrons. The van der Waals surface area contributed by atoms with Gasteiger partial charge in [0, 0.05) is 22.8 Å². The molecule has 0 spiro atoms. The second-order valence-electron chi connectivity index (χ2n) is 5.00. The molecule has 0 aliphatic carbocycles. The van der Waals surface area contributed by atoms with Crippen molar-refractivity contribution < 1.29 is 4.79 Å². The van der Waals surface area contributed by atoms with Crippen LogP contribution in [0.15, 0.2) is 48.7 Å². The molecular weight excluding hydrogens is 248 g/mol. The zero-order valence-corrected chi connectivity index (χ0v) is 11.5. The number of aromatic amines is 1. The fourth-order valence-electron chi connectivity index (χ4n) is 2.28. The van der Waals surface area contributed by atoms with Crippen LogP contribution in [0.2, 0.25) is 0 Å². The molecule has 0 aliphatic heterocycles. The number of hydrogen-bond acceptors (Lipinski definition) is 1. The number of benzene rings is 2. The Kier molecular flexibility index (Phi) is 3.03. The highest BCUT2D eigenvalue weighted by Crippen LogP contribution is 2.20. The van der Waals surface area contributed by atoms with Gasteiger partial charge in [0.05, 0.1) is 5.56 Å². The van der Waals surface area contributed by atoms with E-state index < -0.39 is 0 Å². The highest BCUT2D eigenvalue weighted by molar-refractivity contribution is 6.12. The van der Waals surface area contributed by atoms with Crippen LogP contribution in [0.25, 0.3) is 10.9 Å². The van der Waals surface area contributed by atoms with Gasteiger partial charge in [0.25, 0.3) is 5.91 Å². The number of rotatable bonds is 2. The highest BCUT2D eigenvalue weighted by atomic mass is 16.1. The minimum absolute atomic E-state index is 0.0919. The molecule has 3 aromatic rings. The fourth-order valence-corrected chi connectivity index (χ4v) is 2.28. The van der Waals surface area contributed by atoms with E-state index in [-0.39, 0.29) is 5.91 Å². The number of aromatic nitrogens is 1. The lowest BCUT2D eigenvalue weighted by Gasteiger charge is -2.07. The van der Waals surface area contributed by atoms with Crippen LogP contribution in [-0.2, 0) is 0 Å². The second kappa shape index (κ2) is 4.85. The zero-order chi connectivity index (χ0) is 14.1. The van der Waals surface area contributed by atoms with E-state index in [2.05, 4.69) is 17.2 Å². The van der Waals surface area contributed by atoms with Crippen molar-refractivity contribution in [1.29, 1.82) is 0 Å². The summed E-state index contributed by atoms with van der Waals surface area (Å²) >= 11 is 0. The topological polar surface area (TPSA) is 44.9 Å². The van der Waals surface area contributed by atoms with Gasteiger partial charge < -0.3 is 10.3 Å². The largest absolute Gasteiger partial charge is 0.360 e. The molecule has 1 aromatic heterocycles. The number of hydrogen-bond donors (Lipinski definition) is 2. The summed E-state index contributed by atoms with van der Waals surface area (Å²) in [7, 11) is 0. The lowest BCUT2D eigenvalue weighted by atomic mass is 10.1. The number of carbonyl (C=O) groups is 1. The number of nitrogens with one attached hydrogen (secondary N) is 2. The van der Waals surface area contributed by atoms with Crippen molar-refractivity contribution in [2.75, 3.05) is 5.32 Å². The monoisotopic (exact) mass is 264 g/mol. The molecule has 0 fully saturated rings. The van der Waals surface area contributed by atoms with Gasteiger partial charge in [-0.05, 0) is 43.2 Å². The van der Waals surface area contributed by atoms with Gasteiger partial charge in [-0.1, -0.05) is 24.3 Å². The first-order chi connectivity index (χ1) is 9.65. The molecule has 3 nitrogen and oxygen atoms in total. The van der Waals surface area contributed by atoms with E-state index in [4.69, 9.17) is 0 Å². The Bertz CT molecular complexity index is 787. The molecule has 0 saturated carbocycles. The van der Waals surface area contributed by atoms with Gasteiger partial charge >= 0.3 is 0 Å². The molecule has 0 atom stereocenters. The number of anilines is 1. The average Bonchev–Trinajstić information content (AvgIpc) is 2.87. The predicted molar refractivity (Wildman–Crippen MR) is 82.2 cm³/mol. The van der Waals surface area contributed by atoms with E-state index in [1.54, 1.807) is 6.20 Å². The smallest absolute Gasteiger partial charge is 0.257 e. The molecule has 0 aliphatic rings. The Morgan fingerprint density at radius 3 is 2.65 bits per heavy atom. The number of fused-ring (bicyclic) bond motifs is 1. The van der Waals surface area contributed by atoms with Crippen molar-refractivity contribution in [2.45, 2.75) is 13.8 Å². The molecule has 3 heteroatoms. The summed E-state index contributed by atoms with van der Waals surface area (Å²) < 4.78 is 0. The van der Waals surface area contributed by atoms with Crippen LogP contribution in [-0.4, -0.2) is 10.9 Å². The summed E-state index contributed by atoms with van der Waals surface area (Å²) in [6.07, 6.45) is 1.75. The lowest BCUT2D eigenvalue weighted by Crippen LogP contribution is -2.11. The number of aryl methyl sites for hydroxylation is 2. The summed E-state index contributed by atoms with van der Waals surface area (Å²) in [5, 5.41) is 3.88. The first-order valence-electron chi connectivity index (χ1n) is 6.60. The van der Waals surface area contributed by atoms with Crippen molar-refractivity contribution in [3.63, 3.8) is 0 Å². The predicted octanol–water partition coefficient (Wildman–Crippen LogP) is 4.04. The van der Waals surface area contributed by atoms with Crippen LogP contribution in [0.1, 0.15) is 21.5 Å². The van der Waals surface area contributed by atoms with E-state index in [1.165, 1.54) is 11.1 Å². The molecule has 2 N–H and O–H groups in total.